The summed E-state index contributed by atoms with van der Waals surface area (Å²) in [6.07, 6.45) is 1.04. The maximum Gasteiger partial charge on any atom is 0.315 e. The second kappa shape index (κ2) is 9.71. The van der Waals surface area contributed by atoms with Crippen molar-refractivity contribution in [1.82, 2.24) is 10.6 Å². The summed E-state index contributed by atoms with van der Waals surface area (Å²) in [5.41, 5.74) is 3.83. The van der Waals surface area contributed by atoms with Crippen molar-refractivity contribution >= 4 is 16.1 Å². The van der Waals surface area contributed by atoms with Gasteiger partial charge in [-0.15, -0.1) is 0 Å². The van der Waals surface area contributed by atoms with Crippen LogP contribution in [-0.4, -0.2) is 14.4 Å². The van der Waals surface area contributed by atoms with Crippen molar-refractivity contribution in [1.29, 1.82) is 0 Å². The van der Waals surface area contributed by atoms with Crippen LogP contribution in [0.15, 0.2) is 48.5 Å². The molecule has 0 aromatic heterocycles. The highest BCUT2D eigenvalue weighted by atomic mass is 32.2. The Hall–Kier alpha value is -2.38. The van der Waals surface area contributed by atoms with E-state index in [1.54, 1.807) is 24.3 Å². The van der Waals surface area contributed by atoms with E-state index in [1.807, 2.05) is 19.1 Å². The van der Waals surface area contributed by atoms with Gasteiger partial charge < -0.3 is 10.6 Å². The predicted octanol–water partition coefficient (Wildman–Crippen LogP) is 3.23. The molecule has 2 aromatic rings. The lowest BCUT2D eigenvalue weighted by Crippen LogP contribution is -2.36. The smallest absolute Gasteiger partial charge is 0.315 e. The Balaban J connectivity index is 1.83. The first-order chi connectivity index (χ1) is 13.1. The fourth-order valence-corrected chi connectivity index (χ4v) is 3.57. The minimum Gasteiger partial charge on any atom is -0.334 e. The fourth-order valence-electron chi connectivity index (χ4n) is 2.91. The lowest BCUT2D eigenvalue weighted by atomic mass is 10.00. The van der Waals surface area contributed by atoms with Crippen LogP contribution >= 0.6 is 0 Å². The SMILES string of the molecule is CC(C)Cc1ccc(C(C)NC(=O)NCc2ccc(CS(N)(=O)=O)cc2)cc1. The molecule has 0 spiro atoms. The van der Waals surface area contributed by atoms with Gasteiger partial charge in [0.25, 0.3) is 0 Å². The van der Waals surface area contributed by atoms with Crippen LogP contribution in [0.2, 0.25) is 0 Å². The fraction of sp³-hybridized carbons (Fsp3) is 0.381. The van der Waals surface area contributed by atoms with Crippen molar-refractivity contribution in [2.75, 3.05) is 0 Å². The van der Waals surface area contributed by atoms with Crippen molar-refractivity contribution in [2.24, 2.45) is 11.1 Å². The molecule has 0 aliphatic carbocycles. The summed E-state index contributed by atoms with van der Waals surface area (Å²) in [5.74, 6) is 0.412. The Bertz CT molecular complexity index is 876. The van der Waals surface area contributed by atoms with Crippen molar-refractivity contribution < 1.29 is 13.2 Å². The van der Waals surface area contributed by atoms with E-state index >= 15 is 0 Å². The van der Waals surface area contributed by atoms with Gasteiger partial charge in [-0.2, -0.15) is 0 Å². The number of nitrogens with one attached hydrogen (secondary N) is 2. The third-order valence-corrected chi connectivity index (χ3v) is 5.05. The number of benzene rings is 2. The number of sulfonamides is 1. The zero-order chi connectivity index (χ0) is 20.7. The Kier molecular flexibility index (Phi) is 7.60. The molecule has 6 nitrogen and oxygen atoms in total. The Morgan fingerprint density at radius 1 is 0.929 bits per heavy atom. The third-order valence-electron chi connectivity index (χ3n) is 4.32. The van der Waals surface area contributed by atoms with E-state index in [0.29, 0.717) is 18.0 Å². The third kappa shape index (κ3) is 7.70. The van der Waals surface area contributed by atoms with Crippen molar-refractivity contribution in [2.45, 2.75) is 45.5 Å². The maximum atomic E-state index is 12.1. The highest BCUT2D eigenvalue weighted by Crippen LogP contribution is 2.15. The van der Waals surface area contributed by atoms with Crippen LogP contribution in [0, 0.1) is 5.92 Å². The molecule has 2 aromatic carbocycles. The summed E-state index contributed by atoms with van der Waals surface area (Å²) in [6.45, 7) is 6.67. The number of hydrogen-bond donors (Lipinski definition) is 3. The molecule has 1 unspecified atom stereocenters. The number of nitrogens with two attached hydrogens (primary N) is 1. The molecule has 2 rings (SSSR count). The van der Waals surface area contributed by atoms with E-state index in [1.165, 1.54) is 5.56 Å². The Morgan fingerprint density at radius 2 is 1.46 bits per heavy atom. The number of carbonyl (C=O) groups is 1. The molecule has 0 saturated carbocycles. The van der Waals surface area contributed by atoms with Crippen LogP contribution < -0.4 is 15.8 Å². The van der Waals surface area contributed by atoms with E-state index in [0.717, 1.165) is 17.5 Å². The van der Waals surface area contributed by atoms with Gasteiger partial charge >= 0.3 is 6.03 Å². The lowest BCUT2D eigenvalue weighted by Gasteiger charge is -2.16. The number of primary sulfonamides is 1. The van der Waals surface area contributed by atoms with E-state index in [4.69, 9.17) is 5.14 Å². The molecule has 0 saturated heterocycles. The highest BCUT2D eigenvalue weighted by Gasteiger charge is 2.10. The van der Waals surface area contributed by atoms with Gasteiger partial charge in [0.1, 0.15) is 0 Å². The first kappa shape index (κ1) is 21.9. The van der Waals surface area contributed by atoms with Crippen LogP contribution in [0.5, 0.6) is 0 Å². The highest BCUT2D eigenvalue weighted by molar-refractivity contribution is 7.88. The largest absolute Gasteiger partial charge is 0.334 e. The van der Waals surface area contributed by atoms with Gasteiger partial charge in [-0.3, -0.25) is 0 Å². The summed E-state index contributed by atoms with van der Waals surface area (Å²) in [6, 6.07) is 14.9. The van der Waals surface area contributed by atoms with Gasteiger partial charge in [-0.05, 0) is 41.5 Å². The van der Waals surface area contributed by atoms with E-state index < -0.39 is 10.0 Å². The zero-order valence-electron chi connectivity index (χ0n) is 16.6. The van der Waals surface area contributed by atoms with Gasteiger partial charge in [0.2, 0.25) is 10.0 Å². The van der Waals surface area contributed by atoms with Crippen molar-refractivity contribution in [3.8, 4) is 0 Å². The van der Waals surface area contributed by atoms with Crippen LogP contribution in [0.1, 0.15) is 49.1 Å². The minimum absolute atomic E-state index is 0.106. The number of carbonyl (C=O) groups excluding carboxylic acids is 1. The summed E-state index contributed by atoms with van der Waals surface area (Å²) < 4.78 is 22.2. The molecule has 0 aliphatic heterocycles. The van der Waals surface area contributed by atoms with Gasteiger partial charge in [-0.25, -0.2) is 18.4 Å². The minimum atomic E-state index is -3.54. The van der Waals surface area contributed by atoms with Gasteiger partial charge in [0.05, 0.1) is 11.8 Å². The maximum absolute atomic E-state index is 12.1. The summed E-state index contributed by atoms with van der Waals surface area (Å²) in [4.78, 5) is 12.1. The molecule has 2 amide bonds. The second-order valence-corrected chi connectivity index (χ2v) is 9.13. The molecule has 152 valence electrons. The average molecular weight is 404 g/mol. The van der Waals surface area contributed by atoms with Gasteiger partial charge in [0.15, 0.2) is 0 Å². The number of hydrogen-bond acceptors (Lipinski definition) is 3. The van der Waals surface area contributed by atoms with E-state index in [-0.39, 0.29) is 17.8 Å². The van der Waals surface area contributed by atoms with Crippen molar-refractivity contribution in [3.63, 3.8) is 0 Å². The predicted molar refractivity (Wildman–Crippen MR) is 112 cm³/mol. The number of amides is 2. The van der Waals surface area contributed by atoms with Crippen LogP contribution in [0.25, 0.3) is 0 Å². The summed E-state index contributed by atoms with van der Waals surface area (Å²) in [7, 11) is -3.54. The molecule has 7 heteroatoms. The quantitative estimate of drug-likeness (QED) is 0.631. The molecule has 0 heterocycles. The molecule has 0 fully saturated rings. The van der Waals surface area contributed by atoms with Crippen LogP contribution in [0.4, 0.5) is 4.79 Å². The Labute approximate surface area is 167 Å². The molecule has 4 N–H and O–H groups in total. The van der Waals surface area contributed by atoms with Crippen LogP contribution in [-0.2, 0) is 28.7 Å². The first-order valence-electron chi connectivity index (χ1n) is 9.34. The first-order valence-corrected chi connectivity index (χ1v) is 11.1. The number of rotatable bonds is 8. The van der Waals surface area contributed by atoms with Gasteiger partial charge in [0, 0.05) is 6.54 Å². The van der Waals surface area contributed by atoms with E-state index in [9.17, 15) is 13.2 Å². The van der Waals surface area contributed by atoms with E-state index in [2.05, 4.69) is 36.6 Å². The van der Waals surface area contributed by atoms with Gasteiger partial charge in [-0.1, -0.05) is 62.4 Å². The molecule has 28 heavy (non-hydrogen) atoms. The summed E-state index contributed by atoms with van der Waals surface area (Å²) >= 11 is 0. The average Bonchev–Trinajstić information content (AvgIpc) is 2.60. The monoisotopic (exact) mass is 403 g/mol. The van der Waals surface area contributed by atoms with Crippen molar-refractivity contribution in [3.05, 3.63) is 70.8 Å². The normalized spacial score (nSPS) is 12.6. The molecule has 0 bridgehead atoms. The molecular weight excluding hydrogens is 374 g/mol. The summed E-state index contributed by atoms with van der Waals surface area (Å²) in [5, 5.41) is 10.8. The molecule has 1 atom stereocenters. The second-order valence-electron chi connectivity index (χ2n) is 7.51. The Morgan fingerprint density at radius 3 is 2.00 bits per heavy atom. The standard InChI is InChI=1S/C21H29N3O3S/c1-15(2)12-17-8-10-20(11-9-17)16(3)24-21(25)23-13-18-4-6-19(7-5-18)14-28(22,26)27/h4-11,15-16H,12-14H2,1-3H3,(H2,22,26,27)(H2,23,24,25). The molecular formula is C21H29N3O3S. The zero-order valence-corrected chi connectivity index (χ0v) is 17.4. The number of urea groups is 1. The molecule has 0 radical (unpaired) electrons. The topological polar surface area (TPSA) is 101 Å². The molecule has 0 aliphatic rings. The lowest BCUT2D eigenvalue weighted by molar-refractivity contribution is 0.237. The van der Waals surface area contributed by atoms with Crippen LogP contribution in [0.3, 0.4) is 0 Å².